The van der Waals surface area contributed by atoms with Gasteiger partial charge in [-0.15, -0.1) is 0 Å². The van der Waals surface area contributed by atoms with Gasteiger partial charge in [-0.2, -0.15) is 0 Å². The first kappa shape index (κ1) is 14.5. The summed E-state index contributed by atoms with van der Waals surface area (Å²) < 4.78 is 1.54. The molecule has 0 unspecified atom stereocenters. The second kappa shape index (κ2) is 5.81. The van der Waals surface area contributed by atoms with E-state index >= 15 is 0 Å². The lowest BCUT2D eigenvalue weighted by Gasteiger charge is -2.05. The van der Waals surface area contributed by atoms with Gasteiger partial charge in [-0.1, -0.05) is 60.7 Å². The number of fused-ring (bicyclic) bond motifs is 1. The Labute approximate surface area is 139 Å². The van der Waals surface area contributed by atoms with Crippen LogP contribution in [-0.4, -0.2) is 14.6 Å². The highest BCUT2D eigenvalue weighted by Gasteiger charge is 2.13. The quantitative estimate of drug-likeness (QED) is 0.628. The van der Waals surface area contributed by atoms with Gasteiger partial charge < -0.3 is 0 Å². The second-order valence-corrected chi connectivity index (χ2v) is 5.87. The third kappa shape index (κ3) is 2.52. The van der Waals surface area contributed by atoms with Gasteiger partial charge in [0.25, 0.3) is 5.56 Å². The summed E-state index contributed by atoms with van der Waals surface area (Å²) in [5.41, 5.74) is 5.13. The predicted molar refractivity (Wildman–Crippen MR) is 95.2 cm³/mol. The van der Waals surface area contributed by atoms with E-state index in [1.807, 2.05) is 73.7 Å². The molecule has 0 aliphatic rings. The molecular formula is C20H17N3O. The Morgan fingerprint density at radius 3 is 2.38 bits per heavy atom. The standard InChI is InChI=1S/C20H17N3O/c1-14-17(12-15-8-4-2-5-9-15)20(24)23-19(21-14)13-18(22-23)16-10-6-3-7-11-16/h2-11,13,22H,12H2,1H3. The van der Waals surface area contributed by atoms with Crippen LogP contribution in [0.15, 0.2) is 71.5 Å². The largest absolute Gasteiger partial charge is 0.289 e. The lowest BCUT2D eigenvalue weighted by Crippen LogP contribution is -2.22. The number of nitrogens with zero attached hydrogens (tertiary/aromatic N) is 2. The minimum atomic E-state index is -0.0384. The minimum Gasteiger partial charge on any atom is -0.289 e. The number of nitrogens with one attached hydrogen (secondary N) is 1. The first-order valence-corrected chi connectivity index (χ1v) is 7.93. The van der Waals surface area contributed by atoms with E-state index in [1.165, 1.54) is 4.52 Å². The Bertz CT molecular complexity index is 1050. The van der Waals surface area contributed by atoms with Gasteiger partial charge in [-0.05, 0) is 18.1 Å². The SMILES string of the molecule is Cc1nc2cc(-c3ccccc3)[nH]n2c(=O)c1Cc1ccccc1. The Morgan fingerprint density at radius 2 is 1.67 bits per heavy atom. The van der Waals surface area contributed by atoms with E-state index in [4.69, 9.17) is 0 Å². The first-order chi connectivity index (χ1) is 11.7. The van der Waals surface area contributed by atoms with E-state index in [0.717, 1.165) is 28.1 Å². The van der Waals surface area contributed by atoms with Crippen molar-refractivity contribution in [3.8, 4) is 11.3 Å². The van der Waals surface area contributed by atoms with Crippen molar-refractivity contribution in [1.29, 1.82) is 0 Å². The molecule has 0 atom stereocenters. The maximum Gasteiger partial charge on any atom is 0.276 e. The molecule has 118 valence electrons. The molecule has 2 aromatic heterocycles. The molecule has 0 aliphatic carbocycles. The Morgan fingerprint density at radius 1 is 1.00 bits per heavy atom. The van der Waals surface area contributed by atoms with Crippen molar-refractivity contribution >= 4 is 5.65 Å². The Hall–Kier alpha value is -3.14. The summed E-state index contributed by atoms with van der Waals surface area (Å²) in [7, 11) is 0. The summed E-state index contributed by atoms with van der Waals surface area (Å²) in [6, 6.07) is 21.8. The van der Waals surface area contributed by atoms with Crippen molar-refractivity contribution in [3.63, 3.8) is 0 Å². The van der Waals surface area contributed by atoms with Crippen LogP contribution in [0.4, 0.5) is 0 Å². The Kier molecular flexibility index (Phi) is 3.50. The van der Waals surface area contributed by atoms with Crippen molar-refractivity contribution in [3.05, 3.63) is 93.9 Å². The number of aromatic amines is 1. The maximum atomic E-state index is 12.9. The number of hydrogen-bond donors (Lipinski definition) is 1. The molecule has 1 N–H and O–H groups in total. The van der Waals surface area contributed by atoms with Crippen molar-refractivity contribution < 1.29 is 0 Å². The molecule has 4 heteroatoms. The van der Waals surface area contributed by atoms with Gasteiger partial charge in [-0.3, -0.25) is 9.89 Å². The molecule has 0 spiro atoms. The molecule has 4 nitrogen and oxygen atoms in total. The topological polar surface area (TPSA) is 50.2 Å². The number of aryl methyl sites for hydroxylation is 1. The molecule has 24 heavy (non-hydrogen) atoms. The number of hydrogen-bond acceptors (Lipinski definition) is 2. The van der Waals surface area contributed by atoms with Crippen LogP contribution in [0.3, 0.4) is 0 Å². The number of rotatable bonds is 3. The zero-order valence-electron chi connectivity index (χ0n) is 13.4. The van der Waals surface area contributed by atoms with Crippen molar-refractivity contribution in [2.75, 3.05) is 0 Å². The van der Waals surface area contributed by atoms with E-state index in [-0.39, 0.29) is 5.56 Å². The lowest BCUT2D eigenvalue weighted by atomic mass is 10.1. The normalized spacial score (nSPS) is 11.0. The van der Waals surface area contributed by atoms with Crippen molar-refractivity contribution in [2.45, 2.75) is 13.3 Å². The van der Waals surface area contributed by atoms with E-state index in [9.17, 15) is 4.79 Å². The molecule has 2 aromatic carbocycles. The fraction of sp³-hybridized carbons (Fsp3) is 0.100. The van der Waals surface area contributed by atoms with Crippen molar-refractivity contribution in [2.24, 2.45) is 0 Å². The third-order valence-corrected chi connectivity index (χ3v) is 4.22. The van der Waals surface area contributed by atoms with Gasteiger partial charge in [0.15, 0.2) is 5.65 Å². The molecule has 0 saturated carbocycles. The van der Waals surface area contributed by atoms with Gasteiger partial charge in [0.2, 0.25) is 0 Å². The van der Waals surface area contributed by atoms with E-state index < -0.39 is 0 Å². The molecule has 4 aromatic rings. The maximum absolute atomic E-state index is 12.9. The summed E-state index contributed by atoms with van der Waals surface area (Å²) in [4.78, 5) is 17.5. The minimum absolute atomic E-state index is 0.0384. The smallest absolute Gasteiger partial charge is 0.276 e. The highest BCUT2D eigenvalue weighted by atomic mass is 16.1. The summed E-state index contributed by atoms with van der Waals surface area (Å²) in [5, 5.41) is 3.18. The first-order valence-electron chi connectivity index (χ1n) is 7.93. The fourth-order valence-electron chi connectivity index (χ4n) is 2.94. The number of aromatic nitrogens is 3. The summed E-state index contributed by atoms with van der Waals surface area (Å²) in [6.07, 6.45) is 0.584. The fourth-order valence-corrected chi connectivity index (χ4v) is 2.94. The van der Waals surface area contributed by atoms with Crippen LogP contribution in [0.5, 0.6) is 0 Å². The molecule has 2 heterocycles. The molecule has 0 fully saturated rings. The zero-order chi connectivity index (χ0) is 16.5. The predicted octanol–water partition coefficient (Wildman–Crippen LogP) is 3.59. The molecule has 0 radical (unpaired) electrons. The average molecular weight is 315 g/mol. The molecule has 0 saturated heterocycles. The monoisotopic (exact) mass is 315 g/mol. The highest BCUT2D eigenvalue weighted by molar-refractivity contribution is 5.64. The molecule has 0 amide bonds. The van der Waals surface area contributed by atoms with Crippen molar-refractivity contribution in [1.82, 2.24) is 14.6 Å². The highest BCUT2D eigenvalue weighted by Crippen LogP contribution is 2.18. The van der Waals surface area contributed by atoms with Crippen LogP contribution in [-0.2, 0) is 6.42 Å². The van der Waals surface area contributed by atoms with Crippen LogP contribution in [0, 0.1) is 6.92 Å². The van der Waals surface area contributed by atoms with E-state index in [0.29, 0.717) is 12.1 Å². The third-order valence-electron chi connectivity index (χ3n) is 4.22. The van der Waals surface area contributed by atoms with Crippen LogP contribution in [0.1, 0.15) is 16.8 Å². The summed E-state index contributed by atoms with van der Waals surface area (Å²) in [5.74, 6) is 0. The summed E-state index contributed by atoms with van der Waals surface area (Å²) in [6.45, 7) is 1.90. The second-order valence-electron chi connectivity index (χ2n) is 5.87. The number of H-pyrrole nitrogens is 1. The zero-order valence-corrected chi connectivity index (χ0v) is 13.4. The van der Waals surface area contributed by atoms with Gasteiger partial charge in [-0.25, -0.2) is 9.50 Å². The molecule has 0 aliphatic heterocycles. The van der Waals surface area contributed by atoms with Crippen LogP contribution in [0.2, 0.25) is 0 Å². The van der Waals surface area contributed by atoms with Crippen LogP contribution in [0.25, 0.3) is 16.9 Å². The number of benzene rings is 2. The van der Waals surface area contributed by atoms with E-state index in [2.05, 4.69) is 10.1 Å². The van der Waals surface area contributed by atoms with Gasteiger partial charge >= 0.3 is 0 Å². The lowest BCUT2D eigenvalue weighted by molar-refractivity contribution is 0.862. The van der Waals surface area contributed by atoms with Crippen LogP contribution >= 0.6 is 0 Å². The van der Waals surface area contributed by atoms with Gasteiger partial charge in [0.05, 0.1) is 5.69 Å². The van der Waals surface area contributed by atoms with Gasteiger partial charge in [0.1, 0.15) is 0 Å². The molecule has 0 bridgehead atoms. The average Bonchev–Trinajstić information content (AvgIpc) is 3.04. The van der Waals surface area contributed by atoms with E-state index in [1.54, 1.807) is 0 Å². The summed E-state index contributed by atoms with van der Waals surface area (Å²) >= 11 is 0. The van der Waals surface area contributed by atoms with Gasteiger partial charge in [0, 0.05) is 23.7 Å². The van der Waals surface area contributed by atoms with Crippen LogP contribution < -0.4 is 5.56 Å². The Balaban J connectivity index is 1.84. The molecular weight excluding hydrogens is 298 g/mol. The molecule has 4 rings (SSSR count).